The van der Waals surface area contributed by atoms with Crippen LogP contribution in [-0.2, 0) is 11.4 Å². The van der Waals surface area contributed by atoms with Crippen LogP contribution in [0.25, 0.3) is 0 Å². The summed E-state index contributed by atoms with van der Waals surface area (Å²) < 4.78 is 13.2. The third-order valence-corrected chi connectivity index (χ3v) is 2.22. The van der Waals surface area contributed by atoms with Crippen molar-refractivity contribution in [1.82, 2.24) is 0 Å². The van der Waals surface area contributed by atoms with E-state index in [0.29, 0.717) is 17.8 Å². The molecule has 0 fully saturated rings. The fourth-order valence-electron chi connectivity index (χ4n) is 1.48. The highest BCUT2D eigenvalue weighted by Crippen LogP contribution is 2.18. The summed E-state index contributed by atoms with van der Waals surface area (Å²) in [6.45, 7) is 2.17. The number of aliphatic hydroxyl groups excluding tert-OH is 1. The summed E-state index contributed by atoms with van der Waals surface area (Å²) in [5.74, 6) is -0.916. The van der Waals surface area contributed by atoms with Gasteiger partial charge in [-0.3, -0.25) is 4.79 Å². The van der Waals surface area contributed by atoms with Gasteiger partial charge in [-0.05, 0) is 30.7 Å². The van der Waals surface area contributed by atoms with Crippen LogP contribution in [0.4, 0.5) is 10.1 Å². The van der Waals surface area contributed by atoms with E-state index in [-0.39, 0.29) is 13.2 Å². The number of carbonyl (C=O) groups is 1. The molecular weight excluding hydrogens is 211 g/mol. The van der Waals surface area contributed by atoms with E-state index >= 15 is 0 Å². The van der Waals surface area contributed by atoms with E-state index in [1.54, 1.807) is 11.0 Å². The van der Waals surface area contributed by atoms with Crippen molar-refractivity contribution in [1.29, 1.82) is 0 Å². The maximum atomic E-state index is 13.2. The second-order valence-electron chi connectivity index (χ2n) is 3.46. The maximum absolute atomic E-state index is 13.2. The van der Waals surface area contributed by atoms with Crippen LogP contribution in [0, 0.1) is 5.82 Å². The van der Waals surface area contributed by atoms with Crippen molar-refractivity contribution in [2.45, 2.75) is 13.5 Å². The molecule has 0 bridgehead atoms. The zero-order valence-corrected chi connectivity index (χ0v) is 9.11. The van der Waals surface area contributed by atoms with Crippen LogP contribution in [0.15, 0.2) is 18.2 Å². The van der Waals surface area contributed by atoms with Gasteiger partial charge in [0, 0.05) is 12.2 Å². The largest absolute Gasteiger partial charge is 0.392 e. The Morgan fingerprint density at radius 1 is 1.50 bits per heavy atom. The number of anilines is 1. The van der Waals surface area contributed by atoms with Crippen molar-refractivity contribution >= 4 is 11.6 Å². The standard InChI is InChI=1S/C11H15FN2O2/c1-2-14(6-11(13)16)10-4-8(7-15)3-9(12)5-10/h3-5,15H,2,6-7H2,1H3,(H2,13,16). The predicted octanol–water partition coefficient (Wildman–Crippen LogP) is 0.630. The third-order valence-electron chi connectivity index (χ3n) is 2.22. The van der Waals surface area contributed by atoms with Gasteiger partial charge in [0.05, 0.1) is 13.2 Å². The van der Waals surface area contributed by atoms with E-state index in [2.05, 4.69) is 0 Å². The Morgan fingerprint density at radius 2 is 2.19 bits per heavy atom. The molecule has 88 valence electrons. The quantitative estimate of drug-likeness (QED) is 0.773. The Bertz CT molecular complexity index is 382. The summed E-state index contributed by atoms with van der Waals surface area (Å²) >= 11 is 0. The van der Waals surface area contributed by atoms with Gasteiger partial charge in [0.25, 0.3) is 0 Å². The summed E-state index contributed by atoms with van der Waals surface area (Å²) in [5, 5.41) is 8.95. The van der Waals surface area contributed by atoms with E-state index in [1.165, 1.54) is 12.1 Å². The van der Waals surface area contributed by atoms with Crippen molar-refractivity contribution in [3.8, 4) is 0 Å². The molecule has 0 aliphatic heterocycles. The SMILES string of the molecule is CCN(CC(N)=O)c1cc(F)cc(CO)c1. The number of rotatable bonds is 5. The Balaban J connectivity index is 2.99. The van der Waals surface area contributed by atoms with Crippen LogP contribution in [0.5, 0.6) is 0 Å². The topological polar surface area (TPSA) is 66.6 Å². The minimum atomic E-state index is -0.475. The molecule has 0 saturated carbocycles. The molecule has 0 spiro atoms. The molecule has 0 unspecified atom stereocenters. The first-order valence-corrected chi connectivity index (χ1v) is 5.00. The van der Waals surface area contributed by atoms with Crippen LogP contribution < -0.4 is 10.6 Å². The molecule has 1 rings (SSSR count). The molecule has 0 aromatic heterocycles. The molecule has 1 amide bonds. The van der Waals surface area contributed by atoms with E-state index in [4.69, 9.17) is 10.8 Å². The first-order chi connectivity index (χ1) is 7.56. The number of hydrogen-bond donors (Lipinski definition) is 2. The number of hydrogen-bond acceptors (Lipinski definition) is 3. The molecule has 0 saturated heterocycles. The Labute approximate surface area is 93.5 Å². The lowest BCUT2D eigenvalue weighted by molar-refractivity contribution is -0.116. The van der Waals surface area contributed by atoms with Gasteiger partial charge in [-0.25, -0.2) is 4.39 Å². The fraction of sp³-hybridized carbons (Fsp3) is 0.364. The summed E-state index contributed by atoms with van der Waals surface area (Å²) in [6.07, 6.45) is 0. The van der Waals surface area contributed by atoms with E-state index in [9.17, 15) is 9.18 Å². The Kier molecular flexibility index (Phi) is 4.25. The van der Waals surface area contributed by atoms with E-state index in [1.807, 2.05) is 6.92 Å². The van der Waals surface area contributed by atoms with Crippen LogP contribution in [0.2, 0.25) is 0 Å². The third kappa shape index (κ3) is 3.20. The smallest absolute Gasteiger partial charge is 0.236 e. The molecule has 0 radical (unpaired) electrons. The molecule has 0 aliphatic rings. The zero-order chi connectivity index (χ0) is 12.1. The van der Waals surface area contributed by atoms with Gasteiger partial charge in [0.15, 0.2) is 0 Å². The zero-order valence-electron chi connectivity index (χ0n) is 9.11. The highest BCUT2D eigenvalue weighted by Gasteiger charge is 2.09. The first-order valence-electron chi connectivity index (χ1n) is 5.00. The number of nitrogens with zero attached hydrogens (tertiary/aromatic N) is 1. The van der Waals surface area contributed by atoms with Crippen molar-refractivity contribution in [3.05, 3.63) is 29.6 Å². The number of primary amides is 1. The van der Waals surface area contributed by atoms with Crippen molar-refractivity contribution in [3.63, 3.8) is 0 Å². The van der Waals surface area contributed by atoms with Gasteiger partial charge in [-0.2, -0.15) is 0 Å². The lowest BCUT2D eigenvalue weighted by atomic mass is 10.2. The average molecular weight is 226 g/mol. The number of carbonyl (C=O) groups excluding carboxylic acids is 1. The van der Waals surface area contributed by atoms with Gasteiger partial charge < -0.3 is 15.7 Å². The number of halogens is 1. The van der Waals surface area contributed by atoms with Crippen molar-refractivity contribution in [2.75, 3.05) is 18.0 Å². The number of amides is 1. The number of benzene rings is 1. The molecule has 4 nitrogen and oxygen atoms in total. The second kappa shape index (κ2) is 5.46. The molecule has 16 heavy (non-hydrogen) atoms. The van der Waals surface area contributed by atoms with Gasteiger partial charge in [-0.15, -0.1) is 0 Å². The molecule has 0 heterocycles. The molecule has 5 heteroatoms. The lowest BCUT2D eigenvalue weighted by Crippen LogP contribution is -2.33. The highest BCUT2D eigenvalue weighted by molar-refractivity contribution is 5.79. The van der Waals surface area contributed by atoms with Crippen LogP contribution in [0.3, 0.4) is 0 Å². The normalized spacial score (nSPS) is 10.2. The fourth-order valence-corrected chi connectivity index (χ4v) is 1.48. The molecule has 3 N–H and O–H groups in total. The Hall–Kier alpha value is -1.62. The maximum Gasteiger partial charge on any atom is 0.236 e. The summed E-state index contributed by atoms with van der Waals surface area (Å²) in [4.78, 5) is 12.5. The van der Waals surface area contributed by atoms with Gasteiger partial charge >= 0.3 is 0 Å². The van der Waals surface area contributed by atoms with Crippen LogP contribution in [0.1, 0.15) is 12.5 Å². The highest BCUT2D eigenvalue weighted by atomic mass is 19.1. The monoisotopic (exact) mass is 226 g/mol. The molecule has 1 aromatic carbocycles. The van der Waals surface area contributed by atoms with E-state index < -0.39 is 11.7 Å². The van der Waals surface area contributed by atoms with Gasteiger partial charge in [0.1, 0.15) is 5.82 Å². The van der Waals surface area contributed by atoms with Crippen LogP contribution in [-0.4, -0.2) is 24.1 Å². The molecule has 0 aliphatic carbocycles. The minimum Gasteiger partial charge on any atom is -0.392 e. The number of nitrogens with two attached hydrogens (primary N) is 1. The average Bonchev–Trinajstić information content (AvgIpc) is 2.24. The summed E-state index contributed by atoms with van der Waals surface area (Å²) in [6, 6.07) is 4.20. The van der Waals surface area contributed by atoms with Gasteiger partial charge in [0.2, 0.25) is 5.91 Å². The number of aliphatic hydroxyl groups is 1. The van der Waals surface area contributed by atoms with Crippen LogP contribution >= 0.6 is 0 Å². The van der Waals surface area contributed by atoms with Gasteiger partial charge in [-0.1, -0.05) is 0 Å². The predicted molar refractivity (Wildman–Crippen MR) is 59.4 cm³/mol. The minimum absolute atomic E-state index is 0.0326. The molecule has 1 aromatic rings. The van der Waals surface area contributed by atoms with Crippen molar-refractivity contribution < 1.29 is 14.3 Å². The second-order valence-corrected chi connectivity index (χ2v) is 3.46. The first kappa shape index (κ1) is 12.4. The summed E-state index contributed by atoms with van der Waals surface area (Å²) in [5.41, 5.74) is 6.11. The number of likely N-dealkylation sites (N-methyl/N-ethyl adjacent to an activating group) is 1. The molecular formula is C11H15FN2O2. The van der Waals surface area contributed by atoms with Crippen molar-refractivity contribution in [2.24, 2.45) is 5.73 Å². The Morgan fingerprint density at radius 3 is 2.69 bits per heavy atom. The molecule has 0 atom stereocenters. The van der Waals surface area contributed by atoms with E-state index in [0.717, 1.165) is 0 Å². The lowest BCUT2D eigenvalue weighted by Gasteiger charge is -2.21. The summed E-state index contributed by atoms with van der Waals surface area (Å²) in [7, 11) is 0.